The highest BCUT2D eigenvalue weighted by Gasteiger charge is 2.14. The number of carbonyl (C=O) groups is 1. The topological polar surface area (TPSA) is 47.8 Å². The Labute approximate surface area is 149 Å². The molecule has 0 atom stereocenters. The molecule has 0 fully saturated rings. The van der Waals surface area contributed by atoms with Crippen molar-refractivity contribution in [2.24, 2.45) is 7.05 Å². The number of aryl methyl sites for hydroxylation is 2. The number of thioether (sulfide) groups is 1. The van der Waals surface area contributed by atoms with Crippen molar-refractivity contribution in [1.29, 1.82) is 0 Å². The van der Waals surface area contributed by atoms with Gasteiger partial charge in [-0.05, 0) is 30.9 Å². The molecule has 3 aromatic rings. The number of carbonyl (C=O) groups excluding carboxylic acids is 1. The summed E-state index contributed by atoms with van der Waals surface area (Å²) in [5.74, 6) is 1.41. The van der Waals surface area contributed by atoms with E-state index in [1.807, 2.05) is 49.7 Å². The van der Waals surface area contributed by atoms with Gasteiger partial charge in [0.1, 0.15) is 5.82 Å². The van der Waals surface area contributed by atoms with Gasteiger partial charge >= 0.3 is 0 Å². The average molecular weight is 358 g/mol. The van der Waals surface area contributed by atoms with Gasteiger partial charge in [-0.2, -0.15) is 0 Å². The summed E-state index contributed by atoms with van der Waals surface area (Å²) in [6.45, 7) is 4.01. The third kappa shape index (κ3) is 3.76. The molecule has 0 bridgehead atoms. The second-order valence-electron chi connectivity index (χ2n) is 5.74. The molecule has 0 radical (unpaired) electrons. The monoisotopic (exact) mass is 357 g/mol. The van der Waals surface area contributed by atoms with E-state index in [0.717, 1.165) is 28.5 Å². The van der Waals surface area contributed by atoms with E-state index in [2.05, 4.69) is 21.6 Å². The maximum absolute atomic E-state index is 12.4. The summed E-state index contributed by atoms with van der Waals surface area (Å²) in [6, 6.07) is 10.1. The molecule has 0 spiro atoms. The third-order valence-electron chi connectivity index (χ3n) is 3.85. The van der Waals surface area contributed by atoms with E-state index in [1.165, 1.54) is 22.2 Å². The van der Waals surface area contributed by atoms with Crippen molar-refractivity contribution in [3.63, 3.8) is 0 Å². The number of ketones is 1. The number of nitrogens with zero attached hydrogens (tertiary/aromatic N) is 3. The Morgan fingerprint density at radius 3 is 2.79 bits per heavy atom. The van der Waals surface area contributed by atoms with Gasteiger partial charge in [0.15, 0.2) is 10.9 Å². The molecule has 124 valence electrons. The minimum atomic E-state index is 0.125. The minimum absolute atomic E-state index is 0.125. The summed E-state index contributed by atoms with van der Waals surface area (Å²) in [7, 11) is 1.95. The van der Waals surface area contributed by atoms with Crippen LogP contribution in [0.5, 0.6) is 0 Å². The molecule has 2 heterocycles. The van der Waals surface area contributed by atoms with Crippen LogP contribution in [0.2, 0.25) is 0 Å². The van der Waals surface area contributed by atoms with Gasteiger partial charge in [-0.3, -0.25) is 4.79 Å². The maximum Gasteiger partial charge on any atom is 0.191 e. The van der Waals surface area contributed by atoms with Crippen LogP contribution in [-0.4, -0.2) is 26.3 Å². The third-order valence-corrected chi connectivity index (χ3v) is 5.75. The number of rotatable bonds is 6. The fourth-order valence-corrected chi connectivity index (χ4v) is 4.04. The highest BCUT2D eigenvalue weighted by atomic mass is 32.2. The number of aromatic nitrogens is 3. The average Bonchev–Trinajstić information content (AvgIpc) is 3.17. The van der Waals surface area contributed by atoms with Crippen molar-refractivity contribution in [1.82, 2.24) is 14.8 Å². The van der Waals surface area contributed by atoms with E-state index >= 15 is 0 Å². The van der Waals surface area contributed by atoms with Crippen molar-refractivity contribution in [2.45, 2.75) is 25.4 Å². The van der Waals surface area contributed by atoms with Gasteiger partial charge in [-0.15, -0.1) is 21.5 Å². The first kappa shape index (κ1) is 16.9. The van der Waals surface area contributed by atoms with E-state index < -0.39 is 0 Å². The second-order valence-corrected chi connectivity index (χ2v) is 7.72. The Kier molecular flexibility index (Phi) is 5.16. The van der Waals surface area contributed by atoms with Gasteiger partial charge in [0.05, 0.1) is 5.75 Å². The Hall–Kier alpha value is -1.92. The van der Waals surface area contributed by atoms with Crippen LogP contribution in [-0.2, 0) is 13.5 Å². The lowest BCUT2D eigenvalue weighted by Crippen LogP contribution is -2.06. The number of hydrogen-bond donors (Lipinski definition) is 0. The van der Waals surface area contributed by atoms with Gasteiger partial charge in [-0.1, -0.05) is 41.6 Å². The lowest BCUT2D eigenvalue weighted by atomic mass is 10.0. The highest BCUT2D eigenvalue weighted by molar-refractivity contribution is 7.99. The smallest absolute Gasteiger partial charge is 0.191 e. The maximum atomic E-state index is 12.4. The van der Waals surface area contributed by atoms with E-state index in [4.69, 9.17) is 0 Å². The molecule has 0 amide bonds. The number of thiophene rings is 1. The largest absolute Gasteiger partial charge is 0.309 e. The molecule has 0 aliphatic carbocycles. The van der Waals surface area contributed by atoms with Crippen LogP contribution in [0.25, 0.3) is 0 Å². The van der Waals surface area contributed by atoms with E-state index in [1.54, 1.807) is 11.3 Å². The molecule has 6 heteroatoms. The zero-order valence-electron chi connectivity index (χ0n) is 13.9. The van der Waals surface area contributed by atoms with E-state index in [9.17, 15) is 4.79 Å². The minimum Gasteiger partial charge on any atom is -0.309 e. The fraction of sp³-hybridized carbons (Fsp3) is 0.278. The van der Waals surface area contributed by atoms with E-state index in [-0.39, 0.29) is 5.78 Å². The summed E-state index contributed by atoms with van der Waals surface area (Å²) in [4.78, 5) is 13.7. The van der Waals surface area contributed by atoms with Gasteiger partial charge < -0.3 is 4.57 Å². The van der Waals surface area contributed by atoms with Crippen LogP contribution >= 0.6 is 23.1 Å². The lowest BCUT2D eigenvalue weighted by molar-refractivity contribution is 0.102. The van der Waals surface area contributed by atoms with Crippen molar-refractivity contribution < 1.29 is 4.79 Å². The van der Waals surface area contributed by atoms with Crippen LogP contribution in [0.4, 0.5) is 0 Å². The Morgan fingerprint density at radius 1 is 1.25 bits per heavy atom. The molecule has 0 aliphatic heterocycles. The zero-order valence-corrected chi connectivity index (χ0v) is 15.6. The van der Waals surface area contributed by atoms with Gasteiger partial charge in [0.25, 0.3) is 0 Å². The molecule has 0 N–H and O–H groups in total. The molecule has 0 aliphatic rings. The second kappa shape index (κ2) is 7.32. The van der Waals surface area contributed by atoms with Crippen LogP contribution in [0, 0.1) is 13.8 Å². The number of Topliss-reactive ketones (excluding diaryl/α,β-unsaturated/α-hetero) is 1. The predicted octanol–water partition coefficient (Wildman–Crippen LogP) is 4.06. The first-order chi connectivity index (χ1) is 11.5. The molecule has 3 rings (SSSR count). The van der Waals surface area contributed by atoms with Gasteiger partial charge in [-0.25, -0.2) is 0 Å². The molecule has 4 nitrogen and oxygen atoms in total. The van der Waals surface area contributed by atoms with Gasteiger partial charge in [0.2, 0.25) is 0 Å². The van der Waals surface area contributed by atoms with Crippen LogP contribution < -0.4 is 0 Å². The first-order valence-electron chi connectivity index (χ1n) is 7.68. The zero-order chi connectivity index (χ0) is 17.1. The molecule has 2 aromatic heterocycles. The predicted molar refractivity (Wildman–Crippen MR) is 99.1 cm³/mol. The van der Waals surface area contributed by atoms with E-state index in [0.29, 0.717) is 5.75 Å². The van der Waals surface area contributed by atoms with Crippen LogP contribution in [0.3, 0.4) is 0 Å². The van der Waals surface area contributed by atoms with Crippen molar-refractivity contribution in [3.05, 3.63) is 63.1 Å². The SMILES string of the molecule is Cc1ccc(C(=O)CSc2nnc(Cc3cccs3)n2C)c(C)c1. The summed E-state index contributed by atoms with van der Waals surface area (Å²) in [6.07, 6.45) is 0.771. The molecular formula is C18H19N3OS2. The molecule has 0 saturated carbocycles. The quantitative estimate of drug-likeness (QED) is 0.493. The standard InChI is InChI=1S/C18H19N3OS2/c1-12-6-7-15(13(2)9-12)16(22)11-24-18-20-19-17(21(18)3)10-14-5-4-8-23-14/h4-9H,10-11H2,1-3H3. The van der Waals surface area contributed by atoms with Crippen molar-refractivity contribution in [2.75, 3.05) is 5.75 Å². The number of hydrogen-bond acceptors (Lipinski definition) is 5. The molecular weight excluding hydrogens is 338 g/mol. The Balaban J connectivity index is 1.66. The lowest BCUT2D eigenvalue weighted by Gasteiger charge is -2.06. The normalized spacial score (nSPS) is 11.0. The Bertz CT molecular complexity index is 853. The number of benzene rings is 1. The van der Waals surface area contributed by atoms with Gasteiger partial charge in [0, 0.05) is 23.9 Å². The summed E-state index contributed by atoms with van der Waals surface area (Å²) >= 11 is 3.15. The molecule has 1 aromatic carbocycles. The van der Waals surface area contributed by atoms with Crippen LogP contribution in [0.15, 0.2) is 40.9 Å². The fourth-order valence-electron chi connectivity index (χ4n) is 2.53. The summed E-state index contributed by atoms with van der Waals surface area (Å²) in [5.41, 5.74) is 2.98. The van der Waals surface area contributed by atoms with Crippen molar-refractivity contribution in [3.8, 4) is 0 Å². The van der Waals surface area contributed by atoms with Crippen LogP contribution in [0.1, 0.15) is 32.2 Å². The summed E-state index contributed by atoms with van der Waals surface area (Å²) in [5, 5.41) is 11.3. The first-order valence-corrected chi connectivity index (χ1v) is 9.55. The molecule has 24 heavy (non-hydrogen) atoms. The Morgan fingerprint density at radius 2 is 2.08 bits per heavy atom. The highest BCUT2D eigenvalue weighted by Crippen LogP contribution is 2.21. The molecule has 0 saturated heterocycles. The molecule has 0 unspecified atom stereocenters. The summed E-state index contributed by atoms with van der Waals surface area (Å²) < 4.78 is 1.97. The van der Waals surface area contributed by atoms with Crippen molar-refractivity contribution >= 4 is 28.9 Å².